The van der Waals surface area contributed by atoms with Gasteiger partial charge in [-0.1, -0.05) is 6.07 Å². The number of aryl methyl sites for hydroxylation is 1. The Morgan fingerprint density at radius 2 is 1.79 bits per heavy atom. The second kappa shape index (κ2) is 8.55. The van der Waals surface area contributed by atoms with Crippen molar-refractivity contribution in [1.29, 1.82) is 0 Å². The van der Waals surface area contributed by atoms with E-state index in [4.69, 9.17) is 4.74 Å². The second-order valence-electron chi connectivity index (χ2n) is 6.34. The number of carbonyl (C=O) groups is 1. The summed E-state index contributed by atoms with van der Waals surface area (Å²) < 4.78 is 20.9. The Bertz CT molecular complexity index is 1150. The van der Waals surface area contributed by atoms with E-state index in [1.54, 1.807) is 31.2 Å². The van der Waals surface area contributed by atoms with Crippen LogP contribution in [0.2, 0.25) is 0 Å². The molecule has 0 aliphatic rings. The molecule has 7 nitrogen and oxygen atoms in total. The summed E-state index contributed by atoms with van der Waals surface area (Å²) in [6, 6.07) is 10.8. The first-order chi connectivity index (χ1) is 13.9. The molecule has 0 aliphatic carbocycles. The standard InChI is InChI=1S/C21H20FN3O4/c1-3-29-17-8-6-16(7-9-17)23-19(26)13-24-10-11-25(21(28)20(24)27)18-12-15(22)5-4-14(18)2/h4-12H,3,13H2,1-2H3,(H,23,26). The lowest BCUT2D eigenvalue weighted by atomic mass is 10.2. The first-order valence-electron chi connectivity index (χ1n) is 9.00. The van der Waals surface area contributed by atoms with E-state index < -0.39 is 22.8 Å². The van der Waals surface area contributed by atoms with Crippen LogP contribution >= 0.6 is 0 Å². The fraction of sp³-hybridized carbons (Fsp3) is 0.190. The number of halogens is 1. The molecule has 1 aromatic heterocycles. The molecule has 1 N–H and O–H groups in total. The number of hydrogen-bond donors (Lipinski definition) is 1. The maximum Gasteiger partial charge on any atom is 0.320 e. The highest BCUT2D eigenvalue weighted by Gasteiger charge is 2.12. The van der Waals surface area contributed by atoms with Crippen molar-refractivity contribution in [3.05, 3.63) is 86.9 Å². The van der Waals surface area contributed by atoms with Crippen LogP contribution in [0.3, 0.4) is 0 Å². The molecular weight excluding hydrogens is 377 g/mol. The molecule has 0 saturated heterocycles. The zero-order valence-electron chi connectivity index (χ0n) is 16.0. The van der Waals surface area contributed by atoms with Gasteiger partial charge in [-0.3, -0.25) is 23.5 Å². The molecule has 1 amide bonds. The average molecular weight is 397 g/mol. The van der Waals surface area contributed by atoms with E-state index in [1.807, 2.05) is 6.92 Å². The smallest absolute Gasteiger partial charge is 0.320 e. The summed E-state index contributed by atoms with van der Waals surface area (Å²) in [5.74, 6) is -0.301. The van der Waals surface area contributed by atoms with Crippen molar-refractivity contribution in [2.45, 2.75) is 20.4 Å². The quantitative estimate of drug-likeness (QED) is 0.648. The fourth-order valence-electron chi connectivity index (χ4n) is 2.82. The summed E-state index contributed by atoms with van der Waals surface area (Å²) >= 11 is 0. The normalized spacial score (nSPS) is 10.6. The van der Waals surface area contributed by atoms with E-state index in [0.717, 1.165) is 9.13 Å². The van der Waals surface area contributed by atoms with Gasteiger partial charge in [0.15, 0.2) is 0 Å². The van der Waals surface area contributed by atoms with Crippen molar-refractivity contribution in [1.82, 2.24) is 9.13 Å². The van der Waals surface area contributed by atoms with Crippen LogP contribution in [0, 0.1) is 12.7 Å². The first-order valence-corrected chi connectivity index (χ1v) is 9.00. The molecule has 3 aromatic rings. The highest BCUT2D eigenvalue weighted by atomic mass is 19.1. The molecule has 29 heavy (non-hydrogen) atoms. The highest BCUT2D eigenvalue weighted by Crippen LogP contribution is 2.16. The molecule has 0 aliphatic heterocycles. The summed E-state index contributed by atoms with van der Waals surface area (Å²) in [5, 5.41) is 2.66. The van der Waals surface area contributed by atoms with Crippen LogP contribution in [0.25, 0.3) is 5.69 Å². The Morgan fingerprint density at radius 1 is 1.07 bits per heavy atom. The largest absolute Gasteiger partial charge is 0.494 e. The number of ether oxygens (including phenoxy) is 1. The van der Waals surface area contributed by atoms with Crippen molar-refractivity contribution in [3.63, 3.8) is 0 Å². The van der Waals surface area contributed by atoms with Crippen molar-refractivity contribution >= 4 is 11.6 Å². The van der Waals surface area contributed by atoms with E-state index in [9.17, 15) is 18.8 Å². The molecule has 1 heterocycles. The van der Waals surface area contributed by atoms with Gasteiger partial charge in [-0.15, -0.1) is 0 Å². The Labute approximate surface area is 166 Å². The van der Waals surface area contributed by atoms with Crippen molar-refractivity contribution in [2.75, 3.05) is 11.9 Å². The molecule has 150 valence electrons. The van der Waals surface area contributed by atoms with Gasteiger partial charge in [-0.25, -0.2) is 4.39 Å². The van der Waals surface area contributed by atoms with Gasteiger partial charge >= 0.3 is 11.1 Å². The fourth-order valence-corrected chi connectivity index (χ4v) is 2.82. The van der Waals surface area contributed by atoms with Gasteiger partial charge in [-0.05, 0) is 55.8 Å². The third kappa shape index (κ3) is 4.60. The third-order valence-corrected chi connectivity index (χ3v) is 4.25. The Hall–Kier alpha value is -3.68. The van der Waals surface area contributed by atoms with Crippen LogP contribution in [0.5, 0.6) is 5.75 Å². The number of amides is 1. The monoisotopic (exact) mass is 397 g/mol. The number of aromatic nitrogens is 2. The maximum atomic E-state index is 13.5. The van der Waals surface area contributed by atoms with Gasteiger partial charge < -0.3 is 10.1 Å². The van der Waals surface area contributed by atoms with Crippen molar-refractivity contribution < 1.29 is 13.9 Å². The molecule has 0 spiro atoms. The molecular formula is C21H20FN3O4. The SMILES string of the molecule is CCOc1ccc(NC(=O)Cn2ccn(-c3cc(F)ccc3C)c(=O)c2=O)cc1. The predicted octanol–water partition coefficient (Wildman–Crippen LogP) is 2.48. The Kier molecular flexibility index (Phi) is 5.92. The molecule has 8 heteroatoms. The lowest BCUT2D eigenvalue weighted by Gasteiger charge is -2.11. The first kappa shape index (κ1) is 20.1. The zero-order valence-corrected chi connectivity index (χ0v) is 16.0. The van der Waals surface area contributed by atoms with Crippen LogP contribution < -0.4 is 21.2 Å². The van der Waals surface area contributed by atoms with Gasteiger partial charge in [-0.2, -0.15) is 0 Å². The van der Waals surface area contributed by atoms with Gasteiger partial charge in [0.25, 0.3) is 0 Å². The lowest BCUT2D eigenvalue weighted by molar-refractivity contribution is -0.116. The molecule has 0 saturated carbocycles. The molecule has 3 rings (SSSR count). The molecule has 0 radical (unpaired) electrons. The summed E-state index contributed by atoms with van der Waals surface area (Å²) in [6.45, 7) is 3.79. The van der Waals surface area contributed by atoms with Crippen molar-refractivity contribution in [2.24, 2.45) is 0 Å². The molecule has 0 atom stereocenters. The third-order valence-electron chi connectivity index (χ3n) is 4.25. The molecule has 0 bridgehead atoms. The average Bonchev–Trinajstić information content (AvgIpc) is 2.69. The summed E-state index contributed by atoms with van der Waals surface area (Å²) in [5.41, 5.74) is -0.291. The van der Waals surface area contributed by atoms with E-state index in [1.165, 1.54) is 30.6 Å². The Morgan fingerprint density at radius 3 is 2.48 bits per heavy atom. The van der Waals surface area contributed by atoms with Gasteiger partial charge in [0.2, 0.25) is 5.91 Å². The van der Waals surface area contributed by atoms with Gasteiger partial charge in [0.05, 0.1) is 12.3 Å². The van der Waals surface area contributed by atoms with E-state index in [-0.39, 0.29) is 12.2 Å². The van der Waals surface area contributed by atoms with Crippen molar-refractivity contribution in [3.8, 4) is 11.4 Å². The van der Waals surface area contributed by atoms with Crippen LogP contribution in [0.15, 0.2) is 64.4 Å². The summed E-state index contributed by atoms with van der Waals surface area (Å²) in [4.78, 5) is 37.1. The van der Waals surface area contributed by atoms with E-state index in [0.29, 0.717) is 23.6 Å². The van der Waals surface area contributed by atoms with Crippen LogP contribution in [-0.2, 0) is 11.3 Å². The van der Waals surface area contributed by atoms with Crippen LogP contribution in [0.1, 0.15) is 12.5 Å². The zero-order chi connectivity index (χ0) is 21.0. The number of benzene rings is 2. The van der Waals surface area contributed by atoms with Crippen LogP contribution in [-0.4, -0.2) is 21.6 Å². The minimum absolute atomic E-state index is 0.276. The number of rotatable bonds is 6. The molecule has 2 aromatic carbocycles. The minimum Gasteiger partial charge on any atom is -0.494 e. The van der Waals surface area contributed by atoms with Gasteiger partial charge in [0, 0.05) is 18.1 Å². The summed E-state index contributed by atoms with van der Waals surface area (Å²) in [7, 11) is 0. The topological polar surface area (TPSA) is 82.3 Å². The maximum absolute atomic E-state index is 13.5. The minimum atomic E-state index is -0.877. The number of carbonyl (C=O) groups excluding carboxylic acids is 1. The number of hydrogen-bond acceptors (Lipinski definition) is 4. The predicted molar refractivity (Wildman–Crippen MR) is 107 cm³/mol. The lowest BCUT2D eigenvalue weighted by Crippen LogP contribution is -2.41. The second-order valence-corrected chi connectivity index (χ2v) is 6.34. The van der Waals surface area contributed by atoms with E-state index in [2.05, 4.69) is 5.32 Å². The van der Waals surface area contributed by atoms with E-state index >= 15 is 0 Å². The van der Waals surface area contributed by atoms with Gasteiger partial charge in [0.1, 0.15) is 18.1 Å². The number of nitrogens with zero attached hydrogens (tertiary/aromatic N) is 2. The number of anilines is 1. The highest BCUT2D eigenvalue weighted by molar-refractivity contribution is 5.90. The summed E-state index contributed by atoms with van der Waals surface area (Å²) in [6.07, 6.45) is 2.67. The van der Waals surface area contributed by atoms with Crippen LogP contribution in [0.4, 0.5) is 10.1 Å². The molecule has 0 unspecified atom stereocenters. The Balaban J connectivity index is 1.79. The molecule has 0 fully saturated rings. The number of nitrogens with one attached hydrogen (secondary N) is 1.